The van der Waals surface area contributed by atoms with Crippen LogP contribution < -0.4 is 5.32 Å². The molecule has 1 N–H and O–H groups in total. The number of benzene rings is 2. The number of esters is 1. The van der Waals surface area contributed by atoms with Crippen LogP contribution in [0.25, 0.3) is 0 Å². The van der Waals surface area contributed by atoms with Crippen molar-refractivity contribution in [3.63, 3.8) is 0 Å². The third-order valence-electron chi connectivity index (χ3n) is 4.37. The lowest BCUT2D eigenvalue weighted by Gasteiger charge is -2.16. The first-order valence-electron chi connectivity index (χ1n) is 8.38. The molecule has 0 unspecified atom stereocenters. The number of hydrogen-bond acceptors (Lipinski definition) is 3. The number of carbonyl (C=O) groups excluding carboxylic acids is 2. The molecule has 5 heteroatoms. The highest BCUT2D eigenvalue weighted by atomic mass is 19.1. The Hall–Kier alpha value is -2.69. The number of hydrogen-bond donors (Lipinski definition) is 1. The maximum atomic E-state index is 13.5. The number of anilines is 1. The van der Waals surface area contributed by atoms with Crippen LogP contribution in [0.3, 0.4) is 0 Å². The van der Waals surface area contributed by atoms with Crippen LogP contribution in [0.15, 0.2) is 36.4 Å². The van der Waals surface area contributed by atoms with E-state index in [4.69, 9.17) is 4.74 Å². The van der Waals surface area contributed by atoms with Crippen LogP contribution in [-0.4, -0.2) is 18.5 Å². The van der Waals surface area contributed by atoms with Crippen molar-refractivity contribution >= 4 is 17.6 Å². The van der Waals surface area contributed by atoms with Gasteiger partial charge in [0, 0.05) is 5.69 Å². The zero-order valence-corrected chi connectivity index (χ0v) is 14.1. The molecule has 0 heterocycles. The molecule has 0 spiro atoms. The first kappa shape index (κ1) is 17.1. The predicted molar refractivity (Wildman–Crippen MR) is 93.1 cm³/mol. The third-order valence-corrected chi connectivity index (χ3v) is 4.37. The van der Waals surface area contributed by atoms with Gasteiger partial charge in [-0.05, 0) is 73.6 Å². The lowest BCUT2D eigenvalue weighted by atomic mass is 9.90. The summed E-state index contributed by atoms with van der Waals surface area (Å²) in [5.41, 5.74) is 3.74. The van der Waals surface area contributed by atoms with Crippen molar-refractivity contribution in [2.24, 2.45) is 0 Å². The van der Waals surface area contributed by atoms with Gasteiger partial charge in [-0.3, -0.25) is 4.79 Å². The molecular weight excluding hydrogens is 321 g/mol. The number of amides is 1. The summed E-state index contributed by atoms with van der Waals surface area (Å²) in [6.45, 7) is 1.23. The summed E-state index contributed by atoms with van der Waals surface area (Å²) in [4.78, 5) is 24.0. The first-order valence-corrected chi connectivity index (χ1v) is 8.38. The van der Waals surface area contributed by atoms with Crippen molar-refractivity contribution in [3.05, 3.63) is 64.5 Å². The van der Waals surface area contributed by atoms with E-state index in [-0.39, 0.29) is 0 Å². The van der Waals surface area contributed by atoms with Gasteiger partial charge in [0.2, 0.25) is 0 Å². The second-order valence-electron chi connectivity index (χ2n) is 6.28. The van der Waals surface area contributed by atoms with Gasteiger partial charge in [-0.15, -0.1) is 0 Å². The van der Waals surface area contributed by atoms with Crippen LogP contribution in [0.4, 0.5) is 10.1 Å². The molecule has 0 saturated carbocycles. The summed E-state index contributed by atoms with van der Waals surface area (Å²) in [6, 6.07) is 9.95. The summed E-state index contributed by atoms with van der Waals surface area (Å²) in [5, 5.41) is 2.51. The molecule has 0 saturated heterocycles. The Kier molecular flexibility index (Phi) is 5.12. The fraction of sp³-hybridized carbons (Fsp3) is 0.300. The number of rotatable bonds is 4. The Morgan fingerprint density at radius 3 is 2.60 bits per heavy atom. The summed E-state index contributed by atoms with van der Waals surface area (Å²) in [6.07, 6.45) is 4.31. The van der Waals surface area contributed by atoms with Crippen LogP contribution in [0, 0.1) is 12.7 Å². The largest absolute Gasteiger partial charge is 0.452 e. The molecule has 2 aromatic carbocycles. The Labute approximate surface area is 146 Å². The van der Waals surface area contributed by atoms with Crippen LogP contribution >= 0.6 is 0 Å². The smallest absolute Gasteiger partial charge is 0.338 e. The minimum atomic E-state index is -0.529. The molecule has 4 nitrogen and oxygen atoms in total. The van der Waals surface area contributed by atoms with E-state index in [2.05, 4.69) is 5.32 Å². The van der Waals surface area contributed by atoms with E-state index >= 15 is 0 Å². The van der Waals surface area contributed by atoms with Gasteiger partial charge in [-0.2, -0.15) is 0 Å². The second-order valence-corrected chi connectivity index (χ2v) is 6.28. The van der Waals surface area contributed by atoms with Gasteiger partial charge in [0.15, 0.2) is 6.61 Å². The van der Waals surface area contributed by atoms with E-state index in [1.807, 2.05) is 12.1 Å². The number of nitrogens with one attached hydrogen (secondary N) is 1. The highest BCUT2D eigenvalue weighted by Gasteiger charge is 2.15. The lowest BCUT2D eigenvalue weighted by molar-refractivity contribution is -0.119. The molecule has 0 radical (unpaired) electrons. The average molecular weight is 341 g/mol. The van der Waals surface area contributed by atoms with Crippen LogP contribution in [0.1, 0.15) is 39.9 Å². The number of halogens is 1. The Morgan fingerprint density at radius 1 is 1.08 bits per heavy atom. The molecular formula is C20H20FNO3. The quantitative estimate of drug-likeness (QED) is 0.861. The lowest BCUT2D eigenvalue weighted by Crippen LogP contribution is -2.21. The summed E-state index contributed by atoms with van der Waals surface area (Å²) < 4.78 is 18.5. The van der Waals surface area contributed by atoms with E-state index in [9.17, 15) is 14.0 Å². The summed E-state index contributed by atoms with van der Waals surface area (Å²) >= 11 is 0. The highest BCUT2D eigenvalue weighted by molar-refractivity contribution is 5.95. The second kappa shape index (κ2) is 7.47. The number of aryl methyl sites for hydroxylation is 3. The summed E-state index contributed by atoms with van der Waals surface area (Å²) in [5.74, 6) is -1.43. The van der Waals surface area contributed by atoms with Crippen molar-refractivity contribution in [3.8, 4) is 0 Å². The van der Waals surface area contributed by atoms with E-state index in [1.165, 1.54) is 23.6 Å². The molecule has 1 amide bonds. The average Bonchev–Trinajstić information content (AvgIpc) is 2.62. The van der Waals surface area contributed by atoms with Crippen molar-refractivity contribution in [2.75, 3.05) is 11.9 Å². The molecule has 0 fully saturated rings. The topological polar surface area (TPSA) is 55.4 Å². The van der Waals surface area contributed by atoms with E-state index in [1.54, 1.807) is 25.1 Å². The molecule has 0 aliphatic heterocycles. The highest BCUT2D eigenvalue weighted by Crippen LogP contribution is 2.22. The minimum absolute atomic E-state index is 0.331. The monoisotopic (exact) mass is 341 g/mol. The van der Waals surface area contributed by atoms with E-state index in [0.717, 1.165) is 19.3 Å². The van der Waals surface area contributed by atoms with Crippen LogP contribution in [0.5, 0.6) is 0 Å². The number of carbonyl (C=O) groups is 2. The fourth-order valence-corrected chi connectivity index (χ4v) is 2.94. The Bertz CT molecular complexity index is 817. The van der Waals surface area contributed by atoms with E-state index in [0.29, 0.717) is 16.8 Å². The van der Waals surface area contributed by atoms with Crippen molar-refractivity contribution in [1.29, 1.82) is 0 Å². The van der Waals surface area contributed by atoms with Gasteiger partial charge in [0.25, 0.3) is 5.91 Å². The molecule has 25 heavy (non-hydrogen) atoms. The van der Waals surface area contributed by atoms with Crippen LogP contribution in [0.2, 0.25) is 0 Å². The van der Waals surface area contributed by atoms with Gasteiger partial charge in [0.1, 0.15) is 5.82 Å². The van der Waals surface area contributed by atoms with Crippen LogP contribution in [-0.2, 0) is 22.4 Å². The van der Waals surface area contributed by atoms with Gasteiger partial charge in [0.05, 0.1) is 5.56 Å². The first-order chi connectivity index (χ1) is 12.0. The minimum Gasteiger partial charge on any atom is -0.452 e. The maximum Gasteiger partial charge on any atom is 0.338 e. The number of ether oxygens (including phenoxy) is 1. The predicted octanol–water partition coefficient (Wildman–Crippen LogP) is 3.81. The Morgan fingerprint density at radius 2 is 1.84 bits per heavy atom. The molecule has 3 rings (SSSR count). The Balaban J connectivity index is 1.56. The van der Waals surface area contributed by atoms with Gasteiger partial charge >= 0.3 is 5.97 Å². The van der Waals surface area contributed by atoms with Gasteiger partial charge in [-0.1, -0.05) is 12.1 Å². The number of fused-ring (bicyclic) bond motifs is 1. The third kappa shape index (κ3) is 4.24. The molecule has 2 aromatic rings. The zero-order chi connectivity index (χ0) is 17.8. The van der Waals surface area contributed by atoms with Crippen molar-refractivity contribution in [1.82, 2.24) is 0 Å². The standard InChI is InChI=1S/C20H20FNO3/c1-13-6-9-17(11-18(13)21)22-19(23)12-25-20(24)16-8-7-14-4-2-3-5-15(14)10-16/h6-11H,2-5,12H2,1H3,(H,22,23). The molecule has 0 aromatic heterocycles. The molecule has 1 aliphatic carbocycles. The summed E-state index contributed by atoms with van der Waals surface area (Å²) in [7, 11) is 0. The van der Waals surface area contributed by atoms with Gasteiger partial charge < -0.3 is 10.1 Å². The maximum absolute atomic E-state index is 13.5. The normalized spacial score (nSPS) is 13.0. The van der Waals surface area contributed by atoms with E-state index < -0.39 is 24.3 Å². The van der Waals surface area contributed by atoms with Gasteiger partial charge in [-0.25, -0.2) is 9.18 Å². The zero-order valence-electron chi connectivity index (χ0n) is 14.1. The van der Waals surface area contributed by atoms with Crippen molar-refractivity contribution < 1.29 is 18.7 Å². The SMILES string of the molecule is Cc1ccc(NC(=O)COC(=O)c2ccc3c(c2)CCCC3)cc1F. The van der Waals surface area contributed by atoms with Crippen molar-refractivity contribution in [2.45, 2.75) is 32.6 Å². The molecule has 0 atom stereocenters. The molecule has 1 aliphatic rings. The molecule has 130 valence electrons. The molecule has 0 bridgehead atoms. The fourth-order valence-electron chi connectivity index (χ4n) is 2.94.